The number of carbonyl (C=O) groups is 2. The first-order chi connectivity index (χ1) is 14.7. The van der Waals surface area contributed by atoms with Gasteiger partial charge in [-0.05, 0) is 42.9 Å². The number of hydrogen-bond acceptors (Lipinski definition) is 5. The Morgan fingerprint density at radius 3 is 2.61 bits per heavy atom. The van der Waals surface area contributed by atoms with Gasteiger partial charge in [-0.3, -0.25) is 19.4 Å². The van der Waals surface area contributed by atoms with Gasteiger partial charge in [-0.25, -0.2) is 4.39 Å². The number of hydrogen-bond donors (Lipinski definition) is 3. The van der Waals surface area contributed by atoms with E-state index in [9.17, 15) is 18.8 Å². The molecule has 0 radical (unpaired) electrons. The summed E-state index contributed by atoms with van der Waals surface area (Å²) in [5.41, 5.74) is 0.328. The van der Waals surface area contributed by atoms with Gasteiger partial charge in [-0.2, -0.15) is 4.98 Å². The normalized spacial score (nSPS) is 23.2. The molecule has 1 saturated heterocycles. The summed E-state index contributed by atoms with van der Waals surface area (Å²) in [6.45, 7) is 7.52. The number of carbonyl (C=O) groups excluding carboxylic acids is 2. The monoisotopic (exact) mass is 427 g/mol. The van der Waals surface area contributed by atoms with Crippen molar-refractivity contribution in [2.75, 3.05) is 28.6 Å². The molecule has 2 aromatic rings. The lowest BCUT2D eigenvalue weighted by atomic mass is 9.91. The van der Waals surface area contributed by atoms with E-state index >= 15 is 0 Å². The van der Waals surface area contributed by atoms with E-state index in [1.165, 1.54) is 12.1 Å². The van der Waals surface area contributed by atoms with Crippen LogP contribution in [-0.2, 0) is 9.59 Å². The van der Waals surface area contributed by atoms with Crippen LogP contribution in [0.3, 0.4) is 0 Å². The minimum atomic E-state index is -1.06. The number of halogens is 1. The smallest absolute Gasteiger partial charge is 0.258 e. The third kappa shape index (κ3) is 4.30. The topological polar surface area (TPSA) is 107 Å². The van der Waals surface area contributed by atoms with E-state index in [-0.39, 0.29) is 23.5 Å². The Balaban J connectivity index is 1.65. The SMILES string of the molecule is Cc1ccc(NC(=O)[C@H]2CC(=O)Nc3nc(N4C[C@H](C)C[C@H](C)C4)[nH]c(=O)c32)c(F)c1. The second-order valence-electron chi connectivity index (χ2n) is 8.78. The quantitative estimate of drug-likeness (QED) is 0.698. The molecular formula is C22H26FN5O3. The third-order valence-electron chi connectivity index (χ3n) is 5.81. The van der Waals surface area contributed by atoms with Gasteiger partial charge in [0.05, 0.1) is 17.2 Å². The van der Waals surface area contributed by atoms with Crippen molar-refractivity contribution in [3.05, 3.63) is 45.5 Å². The van der Waals surface area contributed by atoms with E-state index in [0.29, 0.717) is 23.3 Å². The van der Waals surface area contributed by atoms with Gasteiger partial charge in [0.2, 0.25) is 17.8 Å². The Morgan fingerprint density at radius 2 is 1.94 bits per heavy atom. The van der Waals surface area contributed by atoms with Crippen molar-refractivity contribution in [3.63, 3.8) is 0 Å². The predicted molar refractivity (Wildman–Crippen MR) is 116 cm³/mol. The van der Waals surface area contributed by atoms with Crippen LogP contribution >= 0.6 is 0 Å². The van der Waals surface area contributed by atoms with Gasteiger partial charge in [0.25, 0.3) is 5.56 Å². The Bertz CT molecular complexity index is 1090. The number of nitrogens with zero attached hydrogens (tertiary/aromatic N) is 2. The number of anilines is 3. The van der Waals surface area contributed by atoms with Crippen LogP contribution in [0.25, 0.3) is 0 Å². The molecule has 4 rings (SSSR count). The molecule has 3 heterocycles. The maximum atomic E-state index is 14.2. The first kappa shape index (κ1) is 21.0. The third-order valence-corrected chi connectivity index (χ3v) is 5.81. The maximum Gasteiger partial charge on any atom is 0.258 e. The fourth-order valence-electron chi connectivity index (χ4n) is 4.51. The van der Waals surface area contributed by atoms with Gasteiger partial charge >= 0.3 is 0 Å². The fraction of sp³-hybridized carbons (Fsp3) is 0.455. The molecule has 2 aliphatic rings. The lowest BCUT2D eigenvalue weighted by molar-refractivity contribution is -0.123. The summed E-state index contributed by atoms with van der Waals surface area (Å²) in [6, 6.07) is 4.43. The zero-order valence-electron chi connectivity index (χ0n) is 17.8. The maximum absolute atomic E-state index is 14.2. The number of H-pyrrole nitrogens is 1. The summed E-state index contributed by atoms with van der Waals surface area (Å²) in [7, 11) is 0. The van der Waals surface area contributed by atoms with Crippen molar-refractivity contribution >= 4 is 29.3 Å². The van der Waals surface area contributed by atoms with Crippen molar-refractivity contribution in [2.24, 2.45) is 11.8 Å². The van der Waals surface area contributed by atoms with Gasteiger partial charge in [-0.1, -0.05) is 19.9 Å². The number of aromatic nitrogens is 2. The van der Waals surface area contributed by atoms with Crippen LogP contribution in [0, 0.1) is 24.6 Å². The van der Waals surface area contributed by atoms with Crippen LogP contribution in [0.15, 0.2) is 23.0 Å². The minimum Gasteiger partial charge on any atom is -0.342 e. The minimum absolute atomic E-state index is 0.000400. The zero-order valence-corrected chi connectivity index (χ0v) is 17.8. The molecule has 2 amide bonds. The first-order valence-electron chi connectivity index (χ1n) is 10.5. The average molecular weight is 427 g/mol. The Morgan fingerprint density at radius 1 is 1.23 bits per heavy atom. The van der Waals surface area contributed by atoms with E-state index < -0.39 is 29.1 Å². The van der Waals surface area contributed by atoms with Crippen LogP contribution in [0.1, 0.15) is 43.7 Å². The number of piperidine rings is 1. The van der Waals surface area contributed by atoms with Crippen LogP contribution in [0.4, 0.5) is 21.8 Å². The molecule has 164 valence electrons. The van der Waals surface area contributed by atoms with Crippen LogP contribution in [0.2, 0.25) is 0 Å². The van der Waals surface area contributed by atoms with E-state index in [0.717, 1.165) is 19.5 Å². The lowest BCUT2D eigenvalue weighted by Gasteiger charge is -2.35. The number of aromatic amines is 1. The highest BCUT2D eigenvalue weighted by Crippen LogP contribution is 2.31. The summed E-state index contributed by atoms with van der Waals surface area (Å²) in [6.07, 6.45) is 0.883. The van der Waals surface area contributed by atoms with Crippen molar-refractivity contribution < 1.29 is 14.0 Å². The van der Waals surface area contributed by atoms with E-state index in [4.69, 9.17) is 0 Å². The summed E-state index contributed by atoms with van der Waals surface area (Å²) in [4.78, 5) is 47.4. The van der Waals surface area contributed by atoms with Gasteiger partial charge in [0.15, 0.2) is 0 Å². The molecular weight excluding hydrogens is 401 g/mol. The van der Waals surface area contributed by atoms with Gasteiger partial charge in [-0.15, -0.1) is 0 Å². The molecule has 0 spiro atoms. The zero-order chi connectivity index (χ0) is 22.3. The molecule has 0 aliphatic carbocycles. The number of amides is 2. The predicted octanol–water partition coefficient (Wildman–Crippen LogP) is 2.76. The standard InChI is InChI=1S/C22H26FN5O3/c1-11-4-5-16(15(23)7-11)24-20(30)14-8-17(29)25-19-18(14)21(31)27-22(26-19)28-9-12(2)6-13(3)10-28/h4-5,7,12-14H,6,8-10H2,1-3H3,(H,24,30)(H2,25,26,27,29,31)/t12-,13+,14-/m0/s1. The fourth-order valence-corrected chi connectivity index (χ4v) is 4.51. The number of rotatable bonds is 3. The average Bonchev–Trinajstić information content (AvgIpc) is 2.68. The van der Waals surface area contributed by atoms with E-state index in [1.807, 2.05) is 4.90 Å². The second-order valence-corrected chi connectivity index (χ2v) is 8.78. The molecule has 8 nitrogen and oxygen atoms in total. The largest absolute Gasteiger partial charge is 0.342 e. The molecule has 3 atom stereocenters. The molecule has 31 heavy (non-hydrogen) atoms. The molecule has 0 unspecified atom stereocenters. The second kappa shape index (κ2) is 8.13. The highest BCUT2D eigenvalue weighted by molar-refractivity contribution is 6.04. The summed E-state index contributed by atoms with van der Waals surface area (Å²) in [5, 5.41) is 5.12. The van der Waals surface area contributed by atoms with Crippen molar-refractivity contribution in [3.8, 4) is 0 Å². The van der Waals surface area contributed by atoms with Crippen LogP contribution in [0.5, 0.6) is 0 Å². The molecule has 3 N–H and O–H groups in total. The molecule has 2 aliphatic heterocycles. The summed E-state index contributed by atoms with van der Waals surface area (Å²) < 4.78 is 14.2. The van der Waals surface area contributed by atoms with Crippen molar-refractivity contribution in [1.29, 1.82) is 0 Å². The van der Waals surface area contributed by atoms with Gasteiger partial charge in [0, 0.05) is 19.5 Å². The summed E-state index contributed by atoms with van der Waals surface area (Å²) >= 11 is 0. The Kier molecular flexibility index (Phi) is 5.51. The number of benzene rings is 1. The molecule has 0 saturated carbocycles. The van der Waals surface area contributed by atoms with Crippen molar-refractivity contribution in [2.45, 2.75) is 39.5 Å². The highest BCUT2D eigenvalue weighted by Gasteiger charge is 2.36. The number of aryl methyl sites for hydroxylation is 1. The van der Waals surface area contributed by atoms with Gasteiger partial charge < -0.3 is 15.5 Å². The Labute approximate surface area is 179 Å². The molecule has 9 heteroatoms. The van der Waals surface area contributed by atoms with Crippen LogP contribution in [-0.4, -0.2) is 34.9 Å². The molecule has 1 aromatic carbocycles. The van der Waals surface area contributed by atoms with Crippen LogP contribution < -0.4 is 21.1 Å². The summed E-state index contributed by atoms with van der Waals surface area (Å²) in [5.74, 6) is -1.32. The lowest BCUT2D eigenvalue weighted by Crippen LogP contribution is -2.42. The van der Waals surface area contributed by atoms with E-state index in [2.05, 4.69) is 34.4 Å². The number of nitrogens with one attached hydrogen (secondary N) is 3. The molecule has 1 fully saturated rings. The highest BCUT2D eigenvalue weighted by atomic mass is 19.1. The molecule has 0 bridgehead atoms. The number of fused-ring (bicyclic) bond motifs is 1. The first-order valence-corrected chi connectivity index (χ1v) is 10.5. The van der Waals surface area contributed by atoms with Gasteiger partial charge in [0.1, 0.15) is 11.6 Å². The van der Waals surface area contributed by atoms with E-state index in [1.54, 1.807) is 13.0 Å². The Hall–Kier alpha value is -3.23. The molecule has 1 aromatic heterocycles. The van der Waals surface area contributed by atoms with Crippen molar-refractivity contribution in [1.82, 2.24) is 9.97 Å².